The van der Waals surface area contributed by atoms with E-state index in [-0.39, 0.29) is 11.3 Å². The summed E-state index contributed by atoms with van der Waals surface area (Å²) >= 11 is 0. The third kappa shape index (κ3) is 2.79. The molecular weight excluding hydrogens is 220 g/mol. The van der Waals surface area contributed by atoms with Crippen molar-refractivity contribution in [3.8, 4) is 11.5 Å². The van der Waals surface area contributed by atoms with E-state index in [0.29, 0.717) is 24.0 Å². The minimum atomic E-state index is -0.143. The summed E-state index contributed by atoms with van der Waals surface area (Å²) in [6.45, 7) is 4.58. The smallest absolute Gasteiger partial charge is 0.263 e. The molecule has 0 saturated heterocycles. The Labute approximate surface area is 98.1 Å². The first kappa shape index (κ1) is 11.5. The maximum absolute atomic E-state index is 11.5. The third-order valence-electron chi connectivity index (χ3n) is 2.19. The first-order valence-corrected chi connectivity index (χ1v) is 5.40. The van der Waals surface area contributed by atoms with E-state index >= 15 is 0 Å². The highest BCUT2D eigenvalue weighted by molar-refractivity contribution is 5.50. The van der Waals surface area contributed by atoms with Crippen molar-refractivity contribution in [1.29, 1.82) is 0 Å². The van der Waals surface area contributed by atoms with Crippen LogP contribution in [0.1, 0.15) is 19.7 Å². The van der Waals surface area contributed by atoms with Gasteiger partial charge in [0.1, 0.15) is 5.56 Å². The lowest BCUT2D eigenvalue weighted by atomic mass is 10.3. The quantitative estimate of drug-likeness (QED) is 0.822. The van der Waals surface area contributed by atoms with E-state index in [1.165, 1.54) is 6.07 Å². The van der Waals surface area contributed by atoms with Gasteiger partial charge in [-0.15, -0.1) is 0 Å². The normalized spacial score (nSPS) is 11.0. The Morgan fingerprint density at radius 3 is 3.06 bits per heavy atom. The molecule has 2 aromatic rings. The van der Waals surface area contributed by atoms with Gasteiger partial charge in [-0.25, -0.2) is 0 Å². The first-order chi connectivity index (χ1) is 8.16. The van der Waals surface area contributed by atoms with Crippen LogP contribution in [-0.2, 0) is 6.54 Å². The predicted molar refractivity (Wildman–Crippen MR) is 62.3 cm³/mol. The number of aromatic amines is 1. The second-order valence-corrected chi connectivity index (χ2v) is 3.97. The second kappa shape index (κ2) is 4.92. The molecule has 0 radical (unpaired) electrons. The minimum absolute atomic E-state index is 0.143. The summed E-state index contributed by atoms with van der Waals surface area (Å²) in [4.78, 5) is 18.5. The summed E-state index contributed by atoms with van der Waals surface area (Å²) in [6, 6.07) is 1.77. The van der Waals surface area contributed by atoms with Crippen LogP contribution in [0, 0.1) is 0 Å². The van der Waals surface area contributed by atoms with Crippen LogP contribution >= 0.6 is 0 Å². The molecule has 17 heavy (non-hydrogen) atoms. The van der Waals surface area contributed by atoms with Crippen molar-refractivity contribution >= 4 is 0 Å². The van der Waals surface area contributed by atoms with E-state index in [0.717, 1.165) is 0 Å². The van der Waals surface area contributed by atoms with Crippen LogP contribution in [0.3, 0.4) is 0 Å². The van der Waals surface area contributed by atoms with Crippen LogP contribution in [0.25, 0.3) is 11.5 Å². The summed E-state index contributed by atoms with van der Waals surface area (Å²) in [5.41, 5.74) is 0.242. The predicted octanol–water partition coefficient (Wildman–Crippen LogP) is 0.923. The van der Waals surface area contributed by atoms with Gasteiger partial charge in [-0.1, -0.05) is 19.0 Å². The Bertz CT molecular complexity index is 544. The zero-order valence-electron chi connectivity index (χ0n) is 9.73. The molecule has 0 aliphatic rings. The SMILES string of the molecule is CC(C)NCc1noc(-c2c[nH]ccc2=O)n1. The van der Waals surface area contributed by atoms with Gasteiger partial charge in [0, 0.05) is 24.5 Å². The summed E-state index contributed by atoms with van der Waals surface area (Å²) in [5.74, 6) is 0.782. The molecule has 0 aliphatic heterocycles. The van der Waals surface area contributed by atoms with Gasteiger partial charge in [-0.2, -0.15) is 4.98 Å². The monoisotopic (exact) mass is 234 g/mol. The highest BCUT2D eigenvalue weighted by Crippen LogP contribution is 2.10. The fraction of sp³-hybridized carbons (Fsp3) is 0.364. The van der Waals surface area contributed by atoms with Crippen molar-refractivity contribution < 1.29 is 4.52 Å². The summed E-state index contributed by atoms with van der Waals surface area (Å²) < 4.78 is 5.04. The van der Waals surface area contributed by atoms with Crippen molar-refractivity contribution in [2.75, 3.05) is 0 Å². The molecule has 0 spiro atoms. The Hall–Kier alpha value is -1.95. The van der Waals surface area contributed by atoms with Crippen LogP contribution in [0.2, 0.25) is 0 Å². The van der Waals surface area contributed by atoms with Gasteiger partial charge in [0.25, 0.3) is 5.89 Å². The maximum Gasteiger partial charge on any atom is 0.263 e. The van der Waals surface area contributed by atoms with Crippen LogP contribution in [-0.4, -0.2) is 21.2 Å². The lowest BCUT2D eigenvalue weighted by Crippen LogP contribution is -2.22. The van der Waals surface area contributed by atoms with E-state index in [1.807, 2.05) is 13.8 Å². The van der Waals surface area contributed by atoms with Crippen molar-refractivity contribution in [1.82, 2.24) is 20.4 Å². The number of pyridine rings is 1. The molecule has 0 aliphatic carbocycles. The zero-order chi connectivity index (χ0) is 12.3. The van der Waals surface area contributed by atoms with E-state index < -0.39 is 0 Å². The van der Waals surface area contributed by atoms with Crippen molar-refractivity contribution in [2.24, 2.45) is 0 Å². The Balaban J connectivity index is 2.19. The molecule has 0 amide bonds. The number of rotatable bonds is 4. The molecule has 2 heterocycles. The van der Waals surface area contributed by atoms with Crippen LogP contribution < -0.4 is 10.7 Å². The second-order valence-electron chi connectivity index (χ2n) is 3.97. The summed E-state index contributed by atoms with van der Waals surface area (Å²) in [7, 11) is 0. The highest BCUT2D eigenvalue weighted by atomic mass is 16.5. The molecule has 6 heteroatoms. The van der Waals surface area contributed by atoms with Gasteiger partial charge in [-0.3, -0.25) is 4.79 Å². The fourth-order valence-electron chi connectivity index (χ4n) is 1.31. The number of hydrogen-bond donors (Lipinski definition) is 2. The number of nitrogens with one attached hydrogen (secondary N) is 2. The Morgan fingerprint density at radius 2 is 2.35 bits per heavy atom. The van der Waals surface area contributed by atoms with Gasteiger partial charge in [0.2, 0.25) is 0 Å². The average Bonchev–Trinajstić information content (AvgIpc) is 2.75. The largest absolute Gasteiger partial charge is 0.367 e. The van der Waals surface area contributed by atoms with Gasteiger partial charge >= 0.3 is 0 Å². The topological polar surface area (TPSA) is 83.8 Å². The summed E-state index contributed by atoms with van der Waals surface area (Å²) in [6.07, 6.45) is 3.11. The fourth-order valence-corrected chi connectivity index (χ4v) is 1.31. The number of aromatic nitrogens is 3. The van der Waals surface area contributed by atoms with E-state index in [1.54, 1.807) is 12.4 Å². The number of hydrogen-bond acceptors (Lipinski definition) is 5. The molecule has 0 saturated carbocycles. The minimum Gasteiger partial charge on any atom is -0.367 e. The molecule has 0 atom stereocenters. The molecule has 2 rings (SSSR count). The number of H-pyrrole nitrogens is 1. The van der Waals surface area contributed by atoms with E-state index in [4.69, 9.17) is 4.52 Å². The average molecular weight is 234 g/mol. The Kier molecular flexibility index (Phi) is 3.34. The molecule has 2 N–H and O–H groups in total. The highest BCUT2D eigenvalue weighted by Gasteiger charge is 2.11. The van der Waals surface area contributed by atoms with Gasteiger partial charge in [0.05, 0.1) is 6.54 Å². The van der Waals surface area contributed by atoms with E-state index in [9.17, 15) is 4.79 Å². The molecule has 6 nitrogen and oxygen atoms in total. The van der Waals surface area contributed by atoms with Gasteiger partial charge in [-0.05, 0) is 0 Å². The lowest BCUT2D eigenvalue weighted by molar-refractivity contribution is 0.417. The zero-order valence-corrected chi connectivity index (χ0v) is 9.73. The molecule has 0 unspecified atom stereocenters. The molecule has 90 valence electrons. The molecule has 0 fully saturated rings. The standard InChI is InChI=1S/C11H14N4O2/c1-7(2)13-6-10-14-11(17-15-10)8-5-12-4-3-9(8)16/h3-5,7,13H,6H2,1-2H3,(H,12,16). The van der Waals surface area contributed by atoms with Crippen LogP contribution in [0.5, 0.6) is 0 Å². The molecule has 0 bridgehead atoms. The van der Waals surface area contributed by atoms with Gasteiger partial charge in [0.15, 0.2) is 11.3 Å². The van der Waals surface area contributed by atoms with Crippen molar-refractivity contribution in [2.45, 2.75) is 26.4 Å². The van der Waals surface area contributed by atoms with Gasteiger partial charge < -0.3 is 14.8 Å². The lowest BCUT2D eigenvalue weighted by Gasteiger charge is -2.03. The first-order valence-electron chi connectivity index (χ1n) is 5.40. The van der Waals surface area contributed by atoms with Crippen molar-refractivity contribution in [3.63, 3.8) is 0 Å². The van der Waals surface area contributed by atoms with E-state index in [2.05, 4.69) is 20.4 Å². The number of nitrogens with zero attached hydrogens (tertiary/aromatic N) is 2. The summed E-state index contributed by atoms with van der Waals surface area (Å²) in [5, 5.41) is 6.97. The molecule has 0 aromatic carbocycles. The van der Waals surface area contributed by atoms with Crippen LogP contribution in [0.15, 0.2) is 27.8 Å². The third-order valence-corrected chi connectivity index (χ3v) is 2.19. The molecular formula is C11H14N4O2. The van der Waals surface area contributed by atoms with Crippen molar-refractivity contribution in [3.05, 3.63) is 34.5 Å². The maximum atomic E-state index is 11.5. The Morgan fingerprint density at radius 1 is 1.53 bits per heavy atom. The molecule has 2 aromatic heterocycles. The van der Waals surface area contributed by atoms with Crippen LogP contribution in [0.4, 0.5) is 0 Å².